The van der Waals surface area contributed by atoms with Crippen LogP contribution in [0.3, 0.4) is 0 Å². The van der Waals surface area contributed by atoms with Gasteiger partial charge < -0.3 is 5.73 Å². The van der Waals surface area contributed by atoms with Crippen molar-refractivity contribution >= 4 is 11.8 Å². The Balaban J connectivity index is 2.13. The summed E-state index contributed by atoms with van der Waals surface area (Å²) in [5, 5.41) is 7.53. The molecule has 3 aromatic rings. The Hall–Kier alpha value is -2.11. The van der Waals surface area contributed by atoms with Crippen molar-refractivity contribution in [1.29, 1.82) is 0 Å². The van der Waals surface area contributed by atoms with Gasteiger partial charge in [0.05, 0.1) is 0 Å². The molecular formula is C19H20FN3S. The van der Waals surface area contributed by atoms with Crippen molar-refractivity contribution in [3.05, 3.63) is 65.6 Å². The largest absolute Gasteiger partial charge is 0.326 e. The molecule has 3 N–H and O–H groups in total. The highest BCUT2D eigenvalue weighted by atomic mass is 32.2. The van der Waals surface area contributed by atoms with Gasteiger partial charge in [0.15, 0.2) is 0 Å². The number of hydrogen-bond donors (Lipinski definition) is 2. The lowest BCUT2D eigenvalue weighted by atomic mass is 9.97. The third-order valence-corrected chi connectivity index (χ3v) is 4.60. The first-order chi connectivity index (χ1) is 11.7. The van der Waals surface area contributed by atoms with Crippen LogP contribution in [-0.4, -0.2) is 22.2 Å². The van der Waals surface area contributed by atoms with Crippen molar-refractivity contribution in [2.75, 3.05) is 12.0 Å². The third-order valence-electron chi connectivity index (χ3n) is 3.98. The number of rotatable bonds is 6. The van der Waals surface area contributed by atoms with E-state index in [1.54, 1.807) is 17.8 Å². The molecule has 5 heteroatoms. The molecule has 0 saturated carbocycles. The van der Waals surface area contributed by atoms with Crippen LogP contribution in [0.5, 0.6) is 0 Å². The van der Waals surface area contributed by atoms with Gasteiger partial charge in [-0.15, -0.1) is 0 Å². The zero-order valence-electron chi connectivity index (χ0n) is 13.6. The highest BCUT2D eigenvalue weighted by Crippen LogP contribution is 2.35. The van der Waals surface area contributed by atoms with E-state index < -0.39 is 0 Å². The molecule has 0 radical (unpaired) electrons. The van der Waals surface area contributed by atoms with Gasteiger partial charge >= 0.3 is 0 Å². The lowest BCUT2D eigenvalue weighted by Gasteiger charge is -2.08. The number of thioether (sulfide) groups is 1. The summed E-state index contributed by atoms with van der Waals surface area (Å²) in [5.41, 5.74) is 10.6. The minimum Gasteiger partial charge on any atom is -0.326 e. The number of aromatic nitrogens is 2. The second-order valence-corrected chi connectivity index (χ2v) is 6.54. The van der Waals surface area contributed by atoms with E-state index in [9.17, 15) is 4.39 Å². The summed E-state index contributed by atoms with van der Waals surface area (Å²) < 4.78 is 14.6. The van der Waals surface area contributed by atoms with Gasteiger partial charge in [0, 0.05) is 23.4 Å². The molecule has 2 aromatic carbocycles. The number of nitrogens with zero attached hydrogens (tertiary/aromatic N) is 1. The van der Waals surface area contributed by atoms with Gasteiger partial charge in [-0.2, -0.15) is 16.9 Å². The van der Waals surface area contributed by atoms with E-state index in [0.29, 0.717) is 17.8 Å². The maximum absolute atomic E-state index is 14.6. The predicted octanol–water partition coefficient (Wildman–Crippen LogP) is 4.25. The van der Waals surface area contributed by atoms with Gasteiger partial charge in [-0.1, -0.05) is 36.4 Å². The van der Waals surface area contributed by atoms with Crippen LogP contribution in [-0.2, 0) is 13.0 Å². The van der Waals surface area contributed by atoms with E-state index >= 15 is 0 Å². The number of nitrogens with one attached hydrogen (secondary N) is 1. The summed E-state index contributed by atoms with van der Waals surface area (Å²) >= 11 is 1.78. The fourth-order valence-electron chi connectivity index (χ4n) is 2.75. The average molecular weight is 341 g/mol. The van der Waals surface area contributed by atoms with Gasteiger partial charge in [0.2, 0.25) is 0 Å². The normalized spacial score (nSPS) is 11.0. The van der Waals surface area contributed by atoms with E-state index in [1.165, 1.54) is 6.07 Å². The fourth-order valence-corrected chi connectivity index (χ4v) is 3.16. The van der Waals surface area contributed by atoms with Crippen molar-refractivity contribution in [2.45, 2.75) is 13.0 Å². The van der Waals surface area contributed by atoms with Crippen LogP contribution >= 0.6 is 11.8 Å². The second kappa shape index (κ2) is 7.64. The molecule has 0 saturated heterocycles. The minimum atomic E-state index is -0.293. The first-order valence-corrected chi connectivity index (χ1v) is 9.24. The quantitative estimate of drug-likeness (QED) is 0.705. The smallest absolute Gasteiger partial charge is 0.133 e. The molecule has 0 aliphatic rings. The zero-order chi connectivity index (χ0) is 16.9. The number of aromatic amines is 1. The van der Waals surface area contributed by atoms with Crippen molar-refractivity contribution in [3.63, 3.8) is 0 Å². The monoisotopic (exact) mass is 341 g/mol. The van der Waals surface area contributed by atoms with Crippen molar-refractivity contribution < 1.29 is 4.39 Å². The molecule has 0 spiro atoms. The van der Waals surface area contributed by atoms with Gasteiger partial charge in [0.1, 0.15) is 11.5 Å². The highest BCUT2D eigenvalue weighted by Gasteiger charge is 2.19. The minimum absolute atomic E-state index is 0.293. The number of benzene rings is 2. The SMILES string of the molecule is CSCCc1[nH]nc(-c2ccc(CN)cc2F)c1-c1ccccc1. The lowest BCUT2D eigenvalue weighted by molar-refractivity contribution is 0.628. The van der Waals surface area contributed by atoms with Crippen LogP contribution in [0.25, 0.3) is 22.4 Å². The Morgan fingerprint density at radius 2 is 1.96 bits per heavy atom. The Morgan fingerprint density at radius 1 is 1.17 bits per heavy atom. The molecule has 124 valence electrons. The van der Waals surface area contributed by atoms with Gasteiger partial charge in [-0.3, -0.25) is 5.10 Å². The summed E-state index contributed by atoms with van der Waals surface area (Å²) in [7, 11) is 0. The molecule has 0 aliphatic carbocycles. The van der Waals surface area contributed by atoms with Gasteiger partial charge in [-0.25, -0.2) is 4.39 Å². The van der Waals surface area contributed by atoms with Crippen LogP contribution in [0.15, 0.2) is 48.5 Å². The summed E-state index contributed by atoms with van der Waals surface area (Å²) in [4.78, 5) is 0. The molecule has 1 aromatic heterocycles. The van der Waals surface area contributed by atoms with Crippen molar-refractivity contribution in [2.24, 2.45) is 5.73 Å². The maximum atomic E-state index is 14.6. The van der Waals surface area contributed by atoms with Gasteiger partial charge in [-0.05, 0) is 41.7 Å². The molecule has 1 heterocycles. The molecule has 3 nitrogen and oxygen atoms in total. The Kier molecular flexibility index (Phi) is 5.33. The standard InChI is InChI=1S/C19H20FN3S/c1-24-10-9-17-18(14-5-3-2-4-6-14)19(23-22-17)15-8-7-13(12-21)11-16(15)20/h2-8,11H,9-10,12,21H2,1H3,(H,22,23). The summed E-state index contributed by atoms with van der Waals surface area (Å²) in [6, 6.07) is 15.1. The maximum Gasteiger partial charge on any atom is 0.133 e. The zero-order valence-corrected chi connectivity index (χ0v) is 14.4. The summed E-state index contributed by atoms with van der Waals surface area (Å²) in [5.74, 6) is 0.689. The fraction of sp³-hybridized carbons (Fsp3) is 0.211. The lowest BCUT2D eigenvalue weighted by Crippen LogP contribution is -1.98. The third kappa shape index (κ3) is 3.37. The summed E-state index contributed by atoms with van der Waals surface area (Å²) in [6.07, 6.45) is 2.94. The molecule has 0 bridgehead atoms. The molecular weight excluding hydrogens is 321 g/mol. The Bertz CT molecular complexity index is 815. The van der Waals surface area contributed by atoms with Crippen LogP contribution in [0.2, 0.25) is 0 Å². The topological polar surface area (TPSA) is 54.7 Å². The van der Waals surface area contributed by atoms with Gasteiger partial charge in [0.25, 0.3) is 0 Å². The van der Waals surface area contributed by atoms with Crippen LogP contribution in [0.4, 0.5) is 4.39 Å². The highest BCUT2D eigenvalue weighted by molar-refractivity contribution is 7.98. The number of halogens is 1. The molecule has 0 amide bonds. The van der Waals surface area contributed by atoms with E-state index in [-0.39, 0.29) is 5.82 Å². The average Bonchev–Trinajstić information content (AvgIpc) is 3.04. The molecule has 24 heavy (non-hydrogen) atoms. The number of aryl methyl sites for hydroxylation is 1. The molecule has 0 aliphatic heterocycles. The first kappa shape index (κ1) is 16.7. The molecule has 0 fully saturated rings. The van der Waals surface area contributed by atoms with Crippen LogP contribution in [0, 0.1) is 5.82 Å². The van der Waals surface area contributed by atoms with Crippen molar-refractivity contribution in [1.82, 2.24) is 10.2 Å². The first-order valence-electron chi connectivity index (χ1n) is 7.85. The Morgan fingerprint density at radius 3 is 2.62 bits per heavy atom. The summed E-state index contributed by atoms with van der Waals surface area (Å²) in [6.45, 7) is 0.322. The van der Waals surface area contributed by atoms with E-state index in [2.05, 4.69) is 16.5 Å². The number of hydrogen-bond acceptors (Lipinski definition) is 3. The molecule has 0 atom stereocenters. The second-order valence-electron chi connectivity index (χ2n) is 5.55. The van der Waals surface area contributed by atoms with E-state index in [0.717, 1.165) is 34.6 Å². The van der Waals surface area contributed by atoms with Crippen LogP contribution in [0.1, 0.15) is 11.3 Å². The molecule has 0 unspecified atom stereocenters. The number of nitrogens with two attached hydrogens (primary N) is 1. The molecule has 3 rings (SSSR count). The van der Waals surface area contributed by atoms with Crippen LogP contribution < -0.4 is 5.73 Å². The number of H-pyrrole nitrogens is 1. The predicted molar refractivity (Wildman–Crippen MR) is 99.4 cm³/mol. The Labute approximate surface area is 145 Å². The van der Waals surface area contributed by atoms with E-state index in [4.69, 9.17) is 5.73 Å². The van der Waals surface area contributed by atoms with Crippen molar-refractivity contribution in [3.8, 4) is 22.4 Å². The van der Waals surface area contributed by atoms with E-state index in [1.807, 2.05) is 36.4 Å².